The van der Waals surface area contributed by atoms with Gasteiger partial charge in [-0.25, -0.2) is 0 Å². The van der Waals surface area contributed by atoms with E-state index in [-0.39, 0.29) is 6.10 Å². The molecule has 1 aromatic heterocycles. The van der Waals surface area contributed by atoms with E-state index in [0.29, 0.717) is 12.3 Å². The third kappa shape index (κ3) is 3.84. The van der Waals surface area contributed by atoms with Gasteiger partial charge in [-0.15, -0.1) is 0 Å². The molecule has 0 radical (unpaired) electrons. The molecule has 0 saturated heterocycles. The van der Waals surface area contributed by atoms with Crippen LogP contribution in [0.5, 0.6) is 0 Å². The minimum absolute atomic E-state index is 0.206. The number of rotatable bonds is 3. The number of aliphatic hydroxyl groups is 1. The number of aliphatic hydroxyl groups excluding tert-OH is 1. The second kappa shape index (κ2) is 6.20. The topological polar surface area (TPSA) is 38.0 Å². The van der Waals surface area contributed by atoms with Crippen LogP contribution in [-0.2, 0) is 13.5 Å². The maximum absolute atomic E-state index is 10.3. The molecule has 3 nitrogen and oxygen atoms in total. The van der Waals surface area contributed by atoms with E-state index in [1.165, 1.54) is 44.9 Å². The van der Waals surface area contributed by atoms with Gasteiger partial charge >= 0.3 is 0 Å². The van der Waals surface area contributed by atoms with Crippen molar-refractivity contribution in [1.82, 2.24) is 9.78 Å². The van der Waals surface area contributed by atoms with Gasteiger partial charge in [0, 0.05) is 19.7 Å². The first-order chi connectivity index (χ1) is 8.25. The van der Waals surface area contributed by atoms with Crippen LogP contribution >= 0.6 is 0 Å². The van der Waals surface area contributed by atoms with E-state index >= 15 is 0 Å². The number of aromatic nitrogens is 2. The highest BCUT2D eigenvalue weighted by Gasteiger charge is 2.20. The fourth-order valence-electron chi connectivity index (χ4n) is 2.83. The summed E-state index contributed by atoms with van der Waals surface area (Å²) >= 11 is 0. The second-order valence-electron chi connectivity index (χ2n) is 5.36. The van der Waals surface area contributed by atoms with Crippen LogP contribution in [0.25, 0.3) is 0 Å². The Hall–Kier alpha value is -0.830. The summed E-state index contributed by atoms with van der Waals surface area (Å²) in [6, 6.07) is 2.01. The molecule has 1 unspecified atom stereocenters. The normalized spacial score (nSPS) is 20.8. The molecule has 96 valence electrons. The van der Waals surface area contributed by atoms with Gasteiger partial charge in [0.15, 0.2) is 0 Å². The molecular weight excluding hydrogens is 212 g/mol. The molecule has 1 N–H and O–H groups in total. The highest BCUT2D eigenvalue weighted by molar-refractivity contribution is 5.00. The Labute approximate surface area is 104 Å². The Bertz CT molecular complexity index is 327. The van der Waals surface area contributed by atoms with Crippen molar-refractivity contribution in [3.63, 3.8) is 0 Å². The van der Waals surface area contributed by atoms with Crippen molar-refractivity contribution in [3.05, 3.63) is 18.0 Å². The molecule has 1 aliphatic carbocycles. The van der Waals surface area contributed by atoms with E-state index in [9.17, 15) is 5.11 Å². The summed E-state index contributed by atoms with van der Waals surface area (Å²) in [5.74, 6) is 0.484. The molecule has 1 heterocycles. The van der Waals surface area contributed by atoms with E-state index < -0.39 is 0 Å². The van der Waals surface area contributed by atoms with Crippen LogP contribution in [0.1, 0.15) is 50.6 Å². The van der Waals surface area contributed by atoms with Gasteiger partial charge in [0.05, 0.1) is 11.8 Å². The fraction of sp³-hybridized carbons (Fsp3) is 0.786. The van der Waals surface area contributed by atoms with Gasteiger partial charge in [-0.05, 0) is 24.8 Å². The van der Waals surface area contributed by atoms with Gasteiger partial charge < -0.3 is 5.11 Å². The molecule has 0 aromatic carbocycles. The molecule has 0 spiro atoms. The molecule has 1 atom stereocenters. The minimum atomic E-state index is -0.206. The van der Waals surface area contributed by atoms with Crippen LogP contribution in [-0.4, -0.2) is 21.0 Å². The molecule has 1 aliphatic rings. The van der Waals surface area contributed by atoms with Crippen molar-refractivity contribution in [2.75, 3.05) is 0 Å². The number of hydrogen-bond acceptors (Lipinski definition) is 2. The first-order valence-corrected chi connectivity index (χ1v) is 6.92. The monoisotopic (exact) mass is 236 g/mol. The Balaban J connectivity index is 1.86. The first kappa shape index (κ1) is 12.6. The summed E-state index contributed by atoms with van der Waals surface area (Å²) < 4.78 is 1.81. The maximum atomic E-state index is 10.3. The molecule has 0 bridgehead atoms. The Morgan fingerprint density at radius 3 is 2.53 bits per heavy atom. The molecule has 2 rings (SSSR count). The number of aryl methyl sites for hydroxylation is 1. The molecule has 1 fully saturated rings. The maximum Gasteiger partial charge on any atom is 0.0650 e. The van der Waals surface area contributed by atoms with E-state index in [4.69, 9.17) is 0 Å². The predicted octanol–water partition coefficient (Wildman–Crippen LogP) is 2.68. The molecule has 0 aliphatic heterocycles. The summed E-state index contributed by atoms with van der Waals surface area (Å²) in [5.41, 5.74) is 1.02. The highest BCUT2D eigenvalue weighted by atomic mass is 16.3. The Morgan fingerprint density at radius 1 is 1.29 bits per heavy atom. The van der Waals surface area contributed by atoms with Crippen molar-refractivity contribution in [2.24, 2.45) is 13.0 Å². The van der Waals surface area contributed by atoms with E-state index in [0.717, 1.165) is 5.69 Å². The zero-order valence-electron chi connectivity index (χ0n) is 10.8. The van der Waals surface area contributed by atoms with Crippen molar-refractivity contribution >= 4 is 0 Å². The smallest absolute Gasteiger partial charge is 0.0650 e. The van der Waals surface area contributed by atoms with Crippen LogP contribution < -0.4 is 0 Å². The van der Waals surface area contributed by atoms with Crippen molar-refractivity contribution in [1.29, 1.82) is 0 Å². The molecule has 1 saturated carbocycles. The average molecular weight is 236 g/mol. The van der Waals surface area contributed by atoms with E-state index in [1.54, 1.807) is 4.68 Å². The first-order valence-electron chi connectivity index (χ1n) is 6.92. The molecule has 0 amide bonds. The summed E-state index contributed by atoms with van der Waals surface area (Å²) in [6.45, 7) is 0. The molecule has 1 aromatic rings. The molecule has 3 heteroatoms. The largest absolute Gasteiger partial charge is 0.392 e. The third-order valence-electron chi connectivity index (χ3n) is 3.88. The number of hydrogen-bond donors (Lipinski definition) is 1. The molecular formula is C14H24N2O. The van der Waals surface area contributed by atoms with Gasteiger partial charge in [-0.3, -0.25) is 4.68 Å². The summed E-state index contributed by atoms with van der Waals surface area (Å²) in [5, 5.41) is 14.6. The lowest BCUT2D eigenvalue weighted by atomic mass is 9.85. The van der Waals surface area contributed by atoms with Gasteiger partial charge in [-0.1, -0.05) is 32.1 Å². The van der Waals surface area contributed by atoms with Gasteiger partial charge in [0.1, 0.15) is 0 Å². The van der Waals surface area contributed by atoms with Crippen LogP contribution in [0.3, 0.4) is 0 Å². The summed E-state index contributed by atoms with van der Waals surface area (Å²) in [4.78, 5) is 0. The minimum Gasteiger partial charge on any atom is -0.392 e. The van der Waals surface area contributed by atoms with Crippen LogP contribution in [0.2, 0.25) is 0 Å². The van der Waals surface area contributed by atoms with Gasteiger partial charge in [0.2, 0.25) is 0 Å². The Morgan fingerprint density at radius 2 is 1.94 bits per heavy atom. The van der Waals surface area contributed by atoms with Crippen molar-refractivity contribution in [2.45, 2.75) is 57.5 Å². The molecule has 17 heavy (non-hydrogen) atoms. The zero-order chi connectivity index (χ0) is 12.1. The second-order valence-corrected chi connectivity index (χ2v) is 5.36. The SMILES string of the molecule is Cn1ccc(CC(O)C2CCCCCCC2)n1. The quantitative estimate of drug-likeness (QED) is 0.876. The summed E-state index contributed by atoms with van der Waals surface area (Å²) in [6.07, 6.45) is 11.5. The van der Waals surface area contributed by atoms with E-state index in [2.05, 4.69) is 5.10 Å². The van der Waals surface area contributed by atoms with Gasteiger partial charge in [-0.2, -0.15) is 5.10 Å². The van der Waals surface area contributed by atoms with Crippen molar-refractivity contribution < 1.29 is 5.11 Å². The summed E-state index contributed by atoms with van der Waals surface area (Å²) in [7, 11) is 1.92. The van der Waals surface area contributed by atoms with Crippen LogP contribution in [0.4, 0.5) is 0 Å². The van der Waals surface area contributed by atoms with Crippen LogP contribution in [0, 0.1) is 5.92 Å². The zero-order valence-corrected chi connectivity index (χ0v) is 10.8. The standard InChI is InChI=1S/C14H24N2O/c1-16-10-9-13(15-16)11-14(17)12-7-5-3-2-4-6-8-12/h9-10,12,14,17H,2-8,11H2,1H3. The van der Waals surface area contributed by atoms with E-state index in [1.807, 2.05) is 19.3 Å². The predicted molar refractivity (Wildman–Crippen MR) is 68.7 cm³/mol. The van der Waals surface area contributed by atoms with Gasteiger partial charge in [0.25, 0.3) is 0 Å². The fourth-order valence-corrected chi connectivity index (χ4v) is 2.83. The number of nitrogens with zero attached hydrogens (tertiary/aromatic N) is 2. The van der Waals surface area contributed by atoms with Crippen molar-refractivity contribution in [3.8, 4) is 0 Å². The average Bonchev–Trinajstić information content (AvgIpc) is 2.63. The Kier molecular flexibility index (Phi) is 4.60. The lowest BCUT2D eigenvalue weighted by Crippen LogP contribution is -2.24. The lowest BCUT2D eigenvalue weighted by molar-refractivity contribution is 0.0903. The third-order valence-corrected chi connectivity index (χ3v) is 3.88. The highest BCUT2D eigenvalue weighted by Crippen LogP contribution is 2.26. The van der Waals surface area contributed by atoms with Crippen LogP contribution in [0.15, 0.2) is 12.3 Å². The lowest BCUT2D eigenvalue weighted by Gasteiger charge is -2.24.